The Hall–Kier alpha value is -1.88. The summed E-state index contributed by atoms with van der Waals surface area (Å²) >= 11 is 0. The molecule has 0 bridgehead atoms. The molecule has 2 saturated heterocycles. The summed E-state index contributed by atoms with van der Waals surface area (Å²) in [6, 6.07) is 3.81. The van der Waals surface area contributed by atoms with E-state index in [1.165, 1.54) is 6.42 Å². The summed E-state index contributed by atoms with van der Waals surface area (Å²) in [4.78, 5) is 18.8. The molecule has 1 spiro atoms. The van der Waals surface area contributed by atoms with Crippen molar-refractivity contribution >= 4 is 5.91 Å². The molecule has 0 aromatic carbocycles. The Balaban J connectivity index is 1.31. The number of hydrogen-bond donors (Lipinski definition) is 0. The lowest BCUT2D eigenvalue weighted by Crippen LogP contribution is -2.47. The Bertz CT molecular complexity index is 636. The number of piperidine rings is 1. The zero-order valence-corrected chi connectivity index (χ0v) is 14.7. The van der Waals surface area contributed by atoms with Gasteiger partial charge in [0.25, 0.3) is 0 Å². The van der Waals surface area contributed by atoms with Crippen LogP contribution in [-0.2, 0) is 9.53 Å². The second-order valence-electron chi connectivity index (χ2n) is 7.39. The maximum Gasteiger partial charge on any atom is 0.249 e. The van der Waals surface area contributed by atoms with Gasteiger partial charge in [-0.25, -0.2) is 0 Å². The summed E-state index contributed by atoms with van der Waals surface area (Å²) < 4.78 is 12.1. The van der Waals surface area contributed by atoms with Crippen molar-refractivity contribution in [3.8, 4) is 5.75 Å². The molecule has 0 saturated carbocycles. The number of hydrogen-bond acceptors (Lipinski definition) is 4. The number of carbonyl (C=O) groups is 1. The highest BCUT2D eigenvalue weighted by atomic mass is 16.6. The fourth-order valence-electron chi connectivity index (χ4n) is 4.19. The van der Waals surface area contributed by atoms with Gasteiger partial charge >= 0.3 is 0 Å². The SMILES string of the molecule is O=C(C1=CCCCC1)N1CCC2(CC1)C[C@@H](Oc1cccnc1)CO2. The van der Waals surface area contributed by atoms with Crippen molar-refractivity contribution < 1.29 is 14.3 Å². The summed E-state index contributed by atoms with van der Waals surface area (Å²) in [5.41, 5.74) is 0.900. The zero-order valence-electron chi connectivity index (χ0n) is 14.7. The zero-order chi connectivity index (χ0) is 17.1. The Labute approximate surface area is 149 Å². The number of carbonyl (C=O) groups excluding carboxylic acids is 1. The lowest BCUT2D eigenvalue weighted by atomic mass is 9.87. The van der Waals surface area contributed by atoms with Crippen molar-refractivity contribution in [1.82, 2.24) is 9.88 Å². The van der Waals surface area contributed by atoms with E-state index in [0.717, 1.165) is 62.9 Å². The predicted octanol–water partition coefficient (Wildman–Crippen LogP) is 3.11. The van der Waals surface area contributed by atoms with E-state index in [-0.39, 0.29) is 17.6 Å². The molecule has 25 heavy (non-hydrogen) atoms. The lowest BCUT2D eigenvalue weighted by molar-refractivity contribution is -0.132. The minimum atomic E-state index is -0.120. The van der Waals surface area contributed by atoms with E-state index in [4.69, 9.17) is 9.47 Å². The van der Waals surface area contributed by atoms with Crippen molar-refractivity contribution in [2.45, 2.75) is 56.7 Å². The van der Waals surface area contributed by atoms with Gasteiger partial charge in [0.15, 0.2) is 0 Å². The molecule has 0 N–H and O–H groups in total. The number of nitrogens with zero attached hydrogens (tertiary/aromatic N) is 2. The molecular formula is C20H26N2O3. The van der Waals surface area contributed by atoms with Gasteiger partial charge in [-0.15, -0.1) is 0 Å². The van der Waals surface area contributed by atoms with Crippen LogP contribution in [0.4, 0.5) is 0 Å². The van der Waals surface area contributed by atoms with Crippen LogP contribution < -0.4 is 4.74 Å². The van der Waals surface area contributed by atoms with E-state index in [9.17, 15) is 4.79 Å². The number of allylic oxidation sites excluding steroid dienone is 1. The Morgan fingerprint density at radius 1 is 1.32 bits per heavy atom. The molecule has 2 fully saturated rings. The van der Waals surface area contributed by atoms with Crippen molar-refractivity contribution in [3.05, 3.63) is 36.2 Å². The number of ether oxygens (including phenoxy) is 2. The van der Waals surface area contributed by atoms with Crippen LogP contribution in [0.2, 0.25) is 0 Å². The van der Waals surface area contributed by atoms with Gasteiger partial charge in [-0.1, -0.05) is 6.08 Å². The molecule has 1 amide bonds. The van der Waals surface area contributed by atoms with Crippen molar-refractivity contribution in [2.75, 3.05) is 19.7 Å². The van der Waals surface area contributed by atoms with E-state index < -0.39 is 0 Å². The fourth-order valence-corrected chi connectivity index (χ4v) is 4.19. The van der Waals surface area contributed by atoms with E-state index >= 15 is 0 Å². The Morgan fingerprint density at radius 2 is 2.20 bits per heavy atom. The van der Waals surface area contributed by atoms with Gasteiger partial charge in [0.1, 0.15) is 11.9 Å². The summed E-state index contributed by atoms with van der Waals surface area (Å²) in [6.07, 6.45) is 12.8. The quantitative estimate of drug-likeness (QED) is 0.847. The molecule has 1 aromatic heterocycles. The van der Waals surface area contributed by atoms with Crippen LogP contribution in [-0.4, -0.2) is 47.2 Å². The molecule has 0 radical (unpaired) electrons. The first-order valence-electron chi connectivity index (χ1n) is 9.43. The van der Waals surface area contributed by atoms with Crippen LogP contribution in [0.15, 0.2) is 36.2 Å². The van der Waals surface area contributed by atoms with Crippen LogP contribution in [0.1, 0.15) is 44.9 Å². The molecule has 2 aliphatic heterocycles. The lowest BCUT2D eigenvalue weighted by Gasteiger charge is -2.39. The molecule has 1 atom stereocenters. The fraction of sp³-hybridized carbons (Fsp3) is 0.600. The summed E-state index contributed by atoms with van der Waals surface area (Å²) in [7, 11) is 0. The van der Waals surface area contributed by atoms with Gasteiger partial charge in [0, 0.05) is 31.3 Å². The average molecular weight is 342 g/mol. The van der Waals surface area contributed by atoms with Gasteiger partial charge in [-0.05, 0) is 50.7 Å². The number of pyridine rings is 1. The molecule has 5 heteroatoms. The van der Waals surface area contributed by atoms with Crippen molar-refractivity contribution in [2.24, 2.45) is 0 Å². The standard InChI is InChI=1S/C20H26N2O3/c23-19(16-5-2-1-3-6-16)22-11-8-20(9-12-22)13-18(15-24-20)25-17-7-4-10-21-14-17/h4-5,7,10,14,18H,1-3,6,8-9,11-13,15H2/t18-/m1/s1. The first-order valence-corrected chi connectivity index (χ1v) is 9.43. The molecule has 1 aliphatic carbocycles. The number of amides is 1. The second-order valence-corrected chi connectivity index (χ2v) is 7.39. The molecule has 3 heterocycles. The highest BCUT2D eigenvalue weighted by molar-refractivity contribution is 5.93. The Morgan fingerprint density at radius 3 is 2.92 bits per heavy atom. The maximum atomic E-state index is 12.6. The van der Waals surface area contributed by atoms with Crippen LogP contribution >= 0.6 is 0 Å². The summed E-state index contributed by atoms with van der Waals surface area (Å²) in [5.74, 6) is 1.04. The van der Waals surface area contributed by atoms with Gasteiger partial charge in [-0.2, -0.15) is 0 Å². The smallest absolute Gasteiger partial charge is 0.249 e. The summed E-state index contributed by atoms with van der Waals surface area (Å²) in [6.45, 7) is 2.19. The van der Waals surface area contributed by atoms with Crippen LogP contribution in [0.5, 0.6) is 5.75 Å². The molecule has 4 rings (SSSR count). The van der Waals surface area contributed by atoms with Gasteiger partial charge in [0.05, 0.1) is 18.4 Å². The average Bonchev–Trinajstić information content (AvgIpc) is 3.05. The van der Waals surface area contributed by atoms with Gasteiger partial charge < -0.3 is 14.4 Å². The normalized spacial score (nSPS) is 25.7. The van der Waals surface area contributed by atoms with E-state index in [0.29, 0.717) is 6.61 Å². The van der Waals surface area contributed by atoms with Gasteiger partial charge in [0.2, 0.25) is 5.91 Å². The maximum absolute atomic E-state index is 12.6. The third kappa shape index (κ3) is 3.71. The van der Waals surface area contributed by atoms with Crippen LogP contribution in [0.3, 0.4) is 0 Å². The highest BCUT2D eigenvalue weighted by Gasteiger charge is 2.44. The molecular weight excluding hydrogens is 316 g/mol. The van der Waals surface area contributed by atoms with Crippen molar-refractivity contribution in [1.29, 1.82) is 0 Å². The minimum absolute atomic E-state index is 0.0764. The first kappa shape index (κ1) is 16.6. The predicted molar refractivity (Wildman–Crippen MR) is 94.3 cm³/mol. The molecule has 3 aliphatic rings. The third-order valence-corrected chi connectivity index (χ3v) is 5.64. The van der Waals surface area contributed by atoms with Crippen molar-refractivity contribution in [3.63, 3.8) is 0 Å². The first-order chi connectivity index (χ1) is 12.2. The van der Waals surface area contributed by atoms with Crippen LogP contribution in [0, 0.1) is 0 Å². The minimum Gasteiger partial charge on any atom is -0.486 e. The Kier molecular flexibility index (Phi) is 4.75. The molecule has 134 valence electrons. The number of aromatic nitrogens is 1. The second kappa shape index (κ2) is 7.16. The van der Waals surface area contributed by atoms with E-state index in [1.807, 2.05) is 17.0 Å². The number of rotatable bonds is 3. The third-order valence-electron chi connectivity index (χ3n) is 5.64. The number of likely N-dealkylation sites (tertiary alicyclic amines) is 1. The summed E-state index contributed by atoms with van der Waals surface area (Å²) in [5, 5.41) is 0. The highest BCUT2D eigenvalue weighted by Crippen LogP contribution is 2.37. The largest absolute Gasteiger partial charge is 0.486 e. The van der Waals surface area contributed by atoms with E-state index in [2.05, 4.69) is 11.1 Å². The van der Waals surface area contributed by atoms with Crippen LogP contribution in [0.25, 0.3) is 0 Å². The monoisotopic (exact) mass is 342 g/mol. The van der Waals surface area contributed by atoms with E-state index in [1.54, 1.807) is 12.4 Å². The molecule has 5 nitrogen and oxygen atoms in total. The molecule has 1 aromatic rings. The topological polar surface area (TPSA) is 51.7 Å². The molecule has 0 unspecified atom stereocenters. The van der Waals surface area contributed by atoms with Gasteiger partial charge in [-0.3, -0.25) is 9.78 Å².